The highest BCUT2D eigenvalue weighted by molar-refractivity contribution is 6.35. The number of rotatable bonds is 7. The predicted molar refractivity (Wildman–Crippen MR) is 128 cm³/mol. The minimum Gasteiger partial charge on any atom is -0.497 e. The molecule has 3 aromatic carbocycles. The van der Waals surface area contributed by atoms with Crippen LogP contribution in [0, 0.1) is 5.82 Å². The number of benzene rings is 3. The molecule has 168 valence electrons. The second-order valence-corrected chi connectivity index (χ2v) is 8.12. The molecule has 8 heteroatoms. The first-order valence-corrected chi connectivity index (χ1v) is 10.9. The van der Waals surface area contributed by atoms with Gasteiger partial charge in [-0.2, -0.15) is 5.10 Å². The highest BCUT2D eigenvalue weighted by Gasteiger charge is 2.18. The van der Waals surface area contributed by atoms with Gasteiger partial charge in [-0.25, -0.2) is 9.07 Å². The summed E-state index contributed by atoms with van der Waals surface area (Å²) in [6, 6.07) is 20.1. The molecule has 0 unspecified atom stereocenters. The van der Waals surface area contributed by atoms with Crippen molar-refractivity contribution in [2.24, 2.45) is 0 Å². The van der Waals surface area contributed by atoms with Gasteiger partial charge in [-0.1, -0.05) is 29.3 Å². The Hall–Kier alpha value is -3.35. The molecule has 0 spiro atoms. The lowest BCUT2D eigenvalue weighted by molar-refractivity contribution is 0.0946. The first-order valence-electron chi connectivity index (χ1n) is 10.2. The summed E-state index contributed by atoms with van der Waals surface area (Å²) in [7, 11) is 1.58. The quantitative estimate of drug-likeness (QED) is 0.352. The fourth-order valence-electron chi connectivity index (χ4n) is 3.35. The zero-order chi connectivity index (χ0) is 23.4. The minimum absolute atomic E-state index is 0.295. The zero-order valence-corrected chi connectivity index (χ0v) is 19.2. The predicted octanol–water partition coefficient (Wildman–Crippen LogP) is 5.97. The van der Waals surface area contributed by atoms with Crippen molar-refractivity contribution in [1.82, 2.24) is 15.1 Å². The summed E-state index contributed by atoms with van der Waals surface area (Å²) in [5, 5.41) is 8.64. The summed E-state index contributed by atoms with van der Waals surface area (Å²) in [5.41, 5.74) is 3.18. The molecule has 0 radical (unpaired) electrons. The number of nitrogens with zero attached hydrogens (tertiary/aromatic N) is 2. The van der Waals surface area contributed by atoms with E-state index in [0.29, 0.717) is 51.4 Å². The molecule has 1 heterocycles. The van der Waals surface area contributed by atoms with Crippen LogP contribution in [0.4, 0.5) is 4.39 Å². The van der Waals surface area contributed by atoms with Gasteiger partial charge in [-0.3, -0.25) is 4.79 Å². The Labute approximate surface area is 200 Å². The smallest absolute Gasteiger partial charge is 0.270 e. The van der Waals surface area contributed by atoms with Gasteiger partial charge < -0.3 is 10.1 Å². The van der Waals surface area contributed by atoms with Gasteiger partial charge in [-0.15, -0.1) is 0 Å². The molecule has 4 aromatic rings. The second kappa shape index (κ2) is 10.1. The van der Waals surface area contributed by atoms with E-state index in [0.717, 1.165) is 5.56 Å². The lowest BCUT2D eigenvalue weighted by Gasteiger charge is -2.10. The van der Waals surface area contributed by atoms with Crippen molar-refractivity contribution < 1.29 is 13.9 Å². The maximum atomic E-state index is 13.4. The molecule has 4 rings (SSSR count). The molecule has 0 aliphatic rings. The van der Waals surface area contributed by atoms with Gasteiger partial charge in [0.2, 0.25) is 0 Å². The van der Waals surface area contributed by atoms with E-state index in [1.54, 1.807) is 54.3 Å². The first kappa shape index (κ1) is 22.8. The zero-order valence-electron chi connectivity index (χ0n) is 17.7. The summed E-state index contributed by atoms with van der Waals surface area (Å²) in [4.78, 5) is 13.1. The van der Waals surface area contributed by atoms with Gasteiger partial charge in [0, 0.05) is 22.2 Å². The van der Waals surface area contributed by atoms with Crippen LogP contribution in [0.3, 0.4) is 0 Å². The molecule has 0 atom stereocenters. The van der Waals surface area contributed by atoms with Gasteiger partial charge in [0.1, 0.15) is 17.3 Å². The third-order valence-corrected chi connectivity index (χ3v) is 5.68. The van der Waals surface area contributed by atoms with Crippen LogP contribution in [0.1, 0.15) is 16.1 Å². The van der Waals surface area contributed by atoms with Crippen LogP contribution in [0.25, 0.3) is 16.9 Å². The number of carbonyl (C=O) groups is 1. The summed E-state index contributed by atoms with van der Waals surface area (Å²) < 4.78 is 20.1. The first-order chi connectivity index (χ1) is 15.9. The van der Waals surface area contributed by atoms with Crippen LogP contribution >= 0.6 is 23.2 Å². The van der Waals surface area contributed by atoms with Crippen LogP contribution in [0.2, 0.25) is 10.0 Å². The van der Waals surface area contributed by atoms with E-state index in [1.165, 1.54) is 12.1 Å². The summed E-state index contributed by atoms with van der Waals surface area (Å²) in [6.07, 6.45) is 0.545. The van der Waals surface area contributed by atoms with Crippen LogP contribution in [0.5, 0.6) is 5.75 Å². The van der Waals surface area contributed by atoms with Crippen molar-refractivity contribution in [3.05, 3.63) is 99.9 Å². The van der Waals surface area contributed by atoms with Gasteiger partial charge in [0.05, 0.1) is 18.5 Å². The van der Waals surface area contributed by atoms with E-state index in [2.05, 4.69) is 10.4 Å². The molecule has 0 fully saturated rings. The molecular weight excluding hydrogens is 464 g/mol. The van der Waals surface area contributed by atoms with Gasteiger partial charge in [0.25, 0.3) is 5.91 Å². The SMILES string of the molecule is COc1ccc(-n2nc(-c3ccc(F)cc3)cc2C(=O)NCCc2ccc(Cl)cc2Cl)cc1. The Morgan fingerprint density at radius 1 is 1.03 bits per heavy atom. The van der Waals surface area contributed by atoms with Crippen LogP contribution in [-0.4, -0.2) is 29.3 Å². The van der Waals surface area contributed by atoms with E-state index in [1.807, 2.05) is 18.2 Å². The summed E-state index contributed by atoms with van der Waals surface area (Å²) in [5.74, 6) is 0.0550. The second-order valence-electron chi connectivity index (χ2n) is 7.27. The monoisotopic (exact) mass is 483 g/mol. The minimum atomic E-state index is -0.341. The van der Waals surface area contributed by atoms with Crippen LogP contribution < -0.4 is 10.1 Å². The van der Waals surface area contributed by atoms with Crippen molar-refractivity contribution in [2.45, 2.75) is 6.42 Å². The maximum absolute atomic E-state index is 13.4. The van der Waals surface area contributed by atoms with E-state index >= 15 is 0 Å². The van der Waals surface area contributed by atoms with Crippen LogP contribution in [-0.2, 0) is 6.42 Å². The van der Waals surface area contributed by atoms with Crippen LogP contribution in [0.15, 0.2) is 72.8 Å². The number of halogens is 3. The Morgan fingerprint density at radius 3 is 2.42 bits per heavy atom. The summed E-state index contributed by atoms with van der Waals surface area (Å²) in [6.45, 7) is 0.375. The highest BCUT2D eigenvalue weighted by Crippen LogP contribution is 2.24. The van der Waals surface area contributed by atoms with Crippen molar-refractivity contribution in [2.75, 3.05) is 13.7 Å². The molecular formula is C25H20Cl2FN3O2. The third-order valence-electron chi connectivity index (χ3n) is 5.09. The Bertz CT molecular complexity index is 1270. The highest BCUT2D eigenvalue weighted by atomic mass is 35.5. The molecule has 1 amide bonds. The molecule has 0 saturated heterocycles. The van der Waals surface area contributed by atoms with Gasteiger partial charge >= 0.3 is 0 Å². The maximum Gasteiger partial charge on any atom is 0.270 e. The normalized spacial score (nSPS) is 10.8. The van der Waals surface area contributed by atoms with Gasteiger partial charge in [0.15, 0.2) is 0 Å². The molecule has 1 N–H and O–H groups in total. The van der Waals surface area contributed by atoms with E-state index in [4.69, 9.17) is 27.9 Å². The Balaban J connectivity index is 1.60. The van der Waals surface area contributed by atoms with Crippen molar-refractivity contribution in [3.63, 3.8) is 0 Å². The third kappa shape index (κ3) is 5.35. The largest absolute Gasteiger partial charge is 0.497 e. The molecule has 0 saturated carbocycles. The molecule has 0 bridgehead atoms. The van der Waals surface area contributed by atoms with E-state index in [9.17, 15) is 9.18 Å². The van der Waals surface area contributed by atoms with Crippen molar-refractivity contribution >= 4 is 29.1 Å². The number of methoxy groups -OCH3 is 1. The lowest BCUT2D eigenvalue weighted by Crippen LogP contribution is -2.27. The van der Waals surface area contributed by atoms with Gasteiger partial charge in [-0.05, 0) is 78.7 Å². The summed E-state index contributed by atoms with van der Waals surface area (Å²) >= 11 is 12.2. The fraction of sp³-hybridized carbons (Fsp3) is 0.120. The molecule has 1 aromatic heterocycles. The molecule has 5 nitrogen and oxygen atoms in total. The lowest BCUT2D eigenvalue weighted by atomic mass is 10.1. The van der Waals surface area contributed by atoms with E-state index < -0.39 is 0 Å². The molecule has 0 aliphatic carbocycles. The number of hydrogen-bond acceptors (Lipinski definition) is 3. The number of ether oxygens (including phenoxy) is 1. The van der Waals surface area contributed by atoms with E-state index in [-0.39, 0.29) is 11.7 Å². The molecule has 0 aliphatic heterocycles. The number of carbonyl (C=O) groups excluding carboxylic acids is 1. The average Bonchev–Trinajstić information content (AvgIpc) is 3.26. The number of hydrogen-bond donors (Lipinski definition) is 1. The fourth-order valence-corrected chi connectivity index (χ4v) is 3.85. The Kier molecular flexibility index (Phi) is 6.96. The Morgan fingerprint density at radius 2 is 1.76 bits per heavy atom. The van der Waals surface area contributed by atoms with Crippen molar-refractivity contribution in [3.8, 4) is 22.7 Å². The number of nitrogens with one attached hydrogen (secondary N) is 1. The number of amides is 1. The average molecular weight is 484 g/mol. The standard InChI is InChI=1S/C25H20Cl2FN3O2/c1-33-21-10-8-20(9-11-21)31-24(15-23(30-31)17-3-6-19(28)7-4-17)25(32)29-13-12-16-2-5-18(26)14-22(16)27/h2-11,14-15H,12-13H2,1H3,(H,29,32). The molecule has 33 heavy (non-hydrogen) atoms. The topological polar surface area (TPSA) is 56.2 Å². The number of aromatic nitrogens is 2. The van der Waals surface area contributed by atoms with Crippen molar-refractivity contribution in [1.29, 1.82) is 0 Å².